The number of halogens is 5. The van der Waals surface area contributed by atoms with E-state index in [2.05, 4.69) is 18.9 Å². The molecule has 9 heteroatoms. The van der Waals surface area contributed by atoms with Gasteiger partial charge in [0.1, 0.15) is 0 Å². The molecule has 1 atom stereocenters. The zero-order valence-corrected chi connectivity index (χ0v) is 17.6. The van der Waals surface area contributed by atoms with Crippen LogP contribution in [-0.4, -0.2) is 18.3 Å². The van der Waals surface area contributed by atoms with E-state index in [1.807, 2.05) is 27.7 Å². The summed E-state index contributed by atoms with van der Waals surface area (Å²) in [6.07, 6.45) is -7.51. The van der Waals surface area contributed by atoms with Gasteiger partial charge in [-0.05, 0) is 47.2 Å². The van der Waals surface area contributed by atoms with Crippen molar-refractivity contribution in [2.75, 3.05) is 0 Å². The fourth-order valence-corrected chi connectivity index (χ4v) is 2.87. The highest BCUT2D eigenvalue weighted by Crippen LogP contribution is 2.46. The molecule has 0 saturated heterocycles. The molecular formula is C22H23F5O4. The van der Waals surface area contributed by atoms with Crippen molar-refractivity contribution < 1.29 is 40.9 Å². The Balaban J connectivity index is 0.000000179. The lowest BCUT2D eigenvalue weighted by atomic mass is 10.0. The van der Waals surface area contributed by atoms with E-state index < -0.39 is 18.3 Å². The topological polar surface area (TPSA) is 36.9 Å². The van der Waals surface area contributed by atoms with Crippen LogP contribution in [0.4, 0.5) is 22.0 Å². The first-order valence-electron chi connectivity index (χ1n) is 9.69. The maximum absolute atomic E-state index is 13.5. The molecule has 1 unspecified atom stereocenters. The average molecular weight is 446 g/mol. The predicted molar refractivity (Wildman–Crippen MR) is 103 cm³/mol. The molecule has 2 aromatic rings. The Kier molecular flexibility index (Phi) is 5.75. The van der Waals surface area contributed by atoms with Gasteiger partial charge in [0.2, 0.25) is 0 Å². The molecule has 2 aliphatic heterocycles. The van der Waals surface area contributed by atoms with Gasteiger partial charge >= 0.3 is 18.3 Å². The Bertz CT molecular complexity index is 957. The number of ether oxygens (including phenoxy) is 4. The molecule has 0 N–H and O–H groups in total. The number of hydrogen-bond acceptors (Lipinski definition) is 4. The third-order valence-electron chi connectivity index (χ3n) is 4.79. The van der Waals surface area contributed by atoms with Gasteiger partial charge in [0.15, 0.2) is 23.0 Å². The molecule has 0 saturated carbocycles. The highest BCUT2D eigenvalue weighted by atomic mass is 19.3. The third-order valence-corrected chi connectivity index (χ3v) is 4.79. The molecule has 0 amide bonds. The summed E-state index contributed by atoms with van der Waals surface area (Å²) in [6.45, 7) is 8.45. The highest BCUT2D eigenvalue weighted by Gasteiger charge is 2.60. The van der Waals surface area contributed by atoms with Crippen LogP contribution in [0.15, 0.2) is 36.4 Å². The molecule has 31 heavy (non-hydrogen) atoms. The van der Waals surface area contributed by atoms with Gasteiger partial charge in [-0.2, -0.15) is 13.2 Å². The van der Waals surface area contributed by atoms with Gasteiger partial charge in [-0.25, -0.2) is 0 Å². The number of rotatable bonds is 2. The van der Waals surface area contributed by atoms with Crippen LogP contribution in [-0.2, 0) is 0 Å². The van der Waals surface area contributed by atoms with Crippen LogP contribution in [0.1, 0.15) is 57.6 Å². The summed E-state index contributed by atoms with van der Waals surface area (Å²) in [5.74, 6) is -2.64. The maximum atomic E-state index is 13.5. The van der Waals surface area contributed by atoms with Crippen molar-refractivity contribution in [2.24, 2.45) is 0 Å². The monoisotopic (exact) mass is 446 g/mol. The van der Waals surface area contributed by atoms with Gasteiger partial charge in [-0.3, -0.25) is 0 Å². The minimum Gasteiger partial charge on any atom is -0.446 e. The second kappa shape index (κ2) is 7.76. The van der Waals surface area contributed by atoms with Crippen molar-refractivity contribution in [3.8, 4) is 23.0 Å². The van der Waals surface area contributed by atoms with Gasteiger partial charge in [-0.1, -0.05) is 39.8 Å². The molecule has 0 fully saturated rings. The Morgan fingerprint density at radius 3 is 1.52 bits per heavy atom. The van der Waals surface area contributed by atoms with Gasteiger partial charge in [0.25, 0.3) is 0 Å². The average Bonchev–Trinajstić information content (AvgIpc) is 2.95. The van der Waals surface area contributed by atoms with E-state index in [1.54, 1.807) is 18.2 Å². The largest absolute Gasteiger partial charge is 0.586 e. The SMILES string of the molecule is CC(C)c1ccc2c(c1)OC(F)(F)C(C)(F)O2.CC(C)c1ccc2c(c1)OC(F)(F)O2. The molecule has 0 bridgehead atoms. The van der Waals surface area contributed by atoms with Crippen LogP contribution in [0.25, 0.3) is 0 Å². The molecule has 0 aliphatic carbocycles. The zero-order valence-electron chi connectivity index (χ0n) is 17.6. The first-order chi connectivity index (χ1) is 14.2. The minimum absolute atomic E-state index is 0.00896. The van der Waals surface area contributed by atoms with Crippen molar-refractivity contribution >= 4 is 0 Å². The molecule has 2 heterocycles. The van der Waals surface area contributed by atoms with Crippen LogP contribution in [0, 0.1) is 0 Å². The van der Waals surface area contributed by atoms with E-state index in [1.165, 1.54) is 18.2 Å². The number of hydrogen-bond donors (Lipinski definition) is 0. The Morgan fingerprint density at radius 2 is 1.03 bits per heavy atom. The smallest absolute Gasteiger partial charge is 0.446 e. The van der Waals surface area contributed by atoms with Crippen molar-refractivity contribution in [1.82, 2.24) is 0 Å². The maximum Gasteiger partial charge on any atom is 0.586 e. The second-order valence-corrected chi connectivity index (χ2v) is 8.03. The standard InChI is InChI=1S/C12H13F3O2.C10H10F2O2/c1-7(2)8-4-5-9-10(6-8)17-12(14,15)11(3,13)16-9;1-6(2)7-3-4-8-9(5-7)14-10(11,12)13-8/h4-7H,1-3H3;3-6H,1-2H3. The van der Waals surface area contributed by atoms with E-state index >= 15 is 0 Å². The number of alkyl halides is 5. The van der Waals surface area contributed by atoms with E-state index in [0.29, 0.717) is 6.92 Å². The van der Waals surface area contributed by atoms with Crippen molar-refractivity contribution in [2.45, 2.75) is 64.7 Å². The first kappa shape index (κ1) is 23.0. The quantitative estimate of drug-likeness (QED) is 0.466. The lowest BCUT2D eigenvalue weighted by Crippen LogP contribution is -2.53. The van der Waals surface area contributed by atoms with E-state index in [-0.39, 0.29) is 34.8 Å². The first-order valence-corrected chi connectivity index (χ1v) is 9.69. The highest BCUT2D eigenvalue weighted by molar-refractivity contribution is 5.46. The summed E-state index contributed by atoms with van der Waals surface area (Å²) in [5.41, 5.74) is 1.77. The van der Waals surface area contributed by atoms with Crippen molar-refractivity contribution in [3.05, 3.63) is 47.5 Å². The van der Waals surface area contributed by atoms with Crippen LogP contribution in [0.5, 0.6) is 23.0 Å². The third kappa shape index (κ3) is 4.80. The second-order valence-electron chi connectivity index (χ2n) is 8.03. The fourth-order valence-electron chi connectivity index (χ4n) is 2.87. The summed E-state index contributed by atoms with van der Waals surface area (Å²) in [5, 5.41) is 0. The van der Waals surface area contributed by atoms with Gasteiger partial charge < -0.3 is 18.9 Å². The number of benzene rings is 2. The molecule has 0 aromatic heterocycles. The minimum atomic E-state index is -3.99. The van der Waals surface area contributed by atoms with Crippen LogP contribution in [0.3, 0.4) is 0 Å². The normalized spacial score (nSPS) is 22.2. The molecule has 4 rings (SSSR count). The molecule has 170 valence electrons. The Hall–Kier alpha value is -2.71. The summed E-state index contributed by atoms with van der Waals surface area (Å²) in [6, 6.07) is 9.44. The Morgan fingerprint density at radius 1 is 0.613 bits per heavy atom. The van der Waals surface area contributed by atoms with Gasteiger partial charge in [-0.15, -0.1) is 8.78 Å². The predicted octanol–water partition coefficient (Wildman–Crippen LogP) is 6.99. The number of fused-ring (bicyclic) bond motifs is 2. The van der Waals surface area contributed by atoms with E-state index in [4.69, 9.17) is 0 Å². The molecule has 0 spiro atoms. The van der Waals surface area contributed by atoms with Gasteiger partial charge in [0.05, 0.1) is 0 Å². The van der Waals surface area contributed by atoms with Crippen LogP contribution < -0.4 is 18.9 Å². The van der Waals surface area contributed by atoms with Crippen molar-refractivity contribution in [1.29, 1.82) is 0 Å². The molecule has 2 aliphatic rings. The van der Waals surface area contributed by atoms with E-state index in [9.17, 15) is 22.0 Å². The summed E-state index contributed by atoms with van der Waals surface area (Å²) >= 11 is 0. The van der Waals surface area contributed by atoms with Crippen LogP contribution in [0.2, 0.25) is 0 Å². The van der Waals surface area contributed by atoms with Crippen molar-refractivity contribution in [3.63, 3.8) is 0 Å². The Labute approximate surface area is 176 Å². The summed E-state index contributed by atoms with van der Waals surface area (Å²) < 4.78 is 82.9. The summed E-state index contributed by atoms with van der Waals surface area (Å²) in [7, 11) is 0. The fraction of sp³-hybridized carbons (Fsp3) is 0.455. The lowest BCUT2D eigenvalue weighted by molar-refractivity contribution is -0.332. The van der Waals surface area contributed by atoms with Crippen LogP contribution >= 0.6 is 0 Å². The molecule has 2 aromatic carbocycles. The summed E-state index contributed by atoms with van der Waals surface area (Å²) in [4.78, 5) is 0. The van der Waals surface area contributed by atoms with E-state index in [0.717, 1.165) is 11.1 Å². The molecular weight excluding hydrogens is 423 g/mol. The molecule has 0 radical (unpaired) electrons. The zero-order chi connectivity index (χ0) is 23.2. The lowest BCUT2D eigenvalue weighted by Gasteiger charge is -2.35. The van der Waals surface area contributed by atoms with Gasteiger partial charge in [0, 0.05) is 6.92 Å². The molecule has 4 nitrogen and oxygen atoms in total.